The summed E-state index contributed by atoms with van der Waals surface area (Å²) in [5, 5.41) is 0. The number of rotatable bonds is 4. The van der Waals surface area contributed by atoms with Gasteiger partial charge in [-0.15, -0.1) is 0 Å². The zero-order chi connectivity index (χ0) is 11.1. The van der Waals surface area contributed by atoms with Crippen LogP contribution >= 0.6 is 0 Å². The zero-order valence-corrected chi connectivity index (χ0v) is 9.04. The van der Waals surface area contributed by atoms with Crippen LogP contribution in [0.1, 0.15) is 5.56 Å². The fraction of sp³-hybridized carbons (Fsp3) is 0.0667. The summed E-state index contributed by atoms with van der Waals surface area (Å²) in [6, 6.07) is 20.1. The number of allylic oxidation sites excluding steroid dienone is 1. The van der Waals surface area contributed by atoms with Crippen molar-refractivity contribution in [1.82, 2.24) is 0 Å². The molecule has 0 radical (unpaired) electrons. The average molecular weight is 210 g/mol. The predicted molar refractivity (Wildman–Crippen MR) is 66.4 cm³/mol. The van der Waals surface area contributed by atoms with Crippen LogP contribution < -0.4 is 4.74 Å². The molecule has 0 saturated heterocycles. The molecule has 2 aromatic rings. The maximum absolute atomic E-state index is 5.45. The van der Waals surface area contributed by atoms with E-state index >= 15 is 0 Å². The molecule has 0 N–H and O–H groups in total. The van der Waals surface area contributed by atoms with Gasteiger partial charge >= 0.3 is 0 Å². The smallest absolute Gasteiger partial charge is 0.126 e. The van der Waals surface area contributed by atoms with Crippen LogP contribution in [0.2, 0.25) is 0 Å². The van der Waals surface area contributed by atoms with Crippen LogP contribution in [0.5, 0.6) is 5.75 Å². The topological polar surface area (TPSA) is 9.23 Å². The van der Waals surface area contributed by atoms with E-state index < -0.39 is 0 Å². The first-order valence-electron chi connectivity index (χ1n) is 5.36. The molecule has 0 heterocycles. The molecule has 0 amide bonds. The van der Waals surface area contributed by atoms with Gasteiger partial charge in [0.15, 0.2) is 0 Å². The van der Waals surface area contributed by atoms with E-state index in [1.165, 1.54) is 5.56 Å². The van der Waals surface area contributed by atoms with Crippen molar-refractivity contribution in [3.05, 3.63) is 78.6 Å². The third-order valence-corrected chi connectivity index (χ3v) is 2.24. The summed E-state index contributed by atoms with van der Waals surface area (Å²) in [5.41, 5.74) is 1.29. The van der Waals surface area contributed by atoms with E-state index in [1.54, 1.807) is 6.26 Å². The highest BCUT2D eigenvalue weighted by Crippen LogP contribution is 2.08. The van der Waals surface area contributed by atoms with Crippen molar-refractivity contribution in [3.63, 3.8) is 0 Å². The molecule has 1 nitrogen and oxygen atoms in total. The van der Waals surface area contributed by atoms with Crippen molar-refractivity contribution in [1.29, 1.82) is 0 Å². The summed E-state index contributed by atoms with van der Waals surface area (Å²) in [4.78, 5) is 0. The molecule has 0 saturated carbocycles. The van der Waals surface area contributed by atoms with Gasteiger partial charge in [-0.3, -0.25) is 0 Å². The second-order valence-electron chi connectivity index (χ2n) is 3.49. The third kappa shape index (κ3) is 3.28. The number of para-hydroxylation sites is 1. The van der Waals surface area contributed by atoms with Crippen molar-refractivity contribution in [3.8, 4) is 5.75 Å². The van der Waals surface area contributed by atoms with E-state index in [4.69, 9.17) is 4.74 Å². The van der Waals surface area contributed by atoms with Gasteiger partial charge in [0.1, 0.15) is 5.75 Å². The van der Waals surface area contributed by atoms with Gasteiger partial charge in [-0.25, -0.2) is 0 Å². The number of ether oxygens (including phenoxy) is 1. The highest BCUT2D eigenvalue weighted by atomic mass is 16.5. The first-order valence-corrected chi connectivity index (χ1v) is 5.36. The Morgan fingerprint density at radius 3 is 2.12 bits per heavy atom. The third-order valence-electron chi connectivity index (χ3n) is 2.24. The normalized spacial score (nSPS) is 10.5. The molecule has 0 fully saturated rings. The van der Waals surface area contributed by atoms with E-state index in [9.17, 15) is 0 Å². The molecule has 80 valence electrons. The van der Waals surface area contributed by atoms with Crippen molar-refractivity contribution in [2.75, 3.05) is 0 Å². The van der Waals surface area contributed by atoms with Crippen LogP contribution in [0.25, 0.3) is 0 Å². The first-order chi connectivity index (χ1) is 7.95. The second kappa shape index (κ2) is 5.76. The van der Waals surface area contributed by atoms with Crippen LogP contribution in [-0.2, 0) is 6.42 Å². The van der Waals surface area contributed by atoms with E-state index in [2.05, 4.69) is 12.1 Å². The van der Waals surface area contributed by atoms with E-state index in [-0.39, 0.29) is 0 Å². The molecule has 16 heavy (non-hydrogen) atoms. The van der Waals surface area contributed by atoms with Gasteiger partial charge in [0.2, 0.25) is 0 Å². The average Bonchev–Trinajstić information content (AvgIpc) is 2.37. The van der Waals surface area contributed by atoms with Crippen LogP contribution in [0, 0.1) is 0 Å². The molecule has 0 bridgehead atoms. The van der Waals surface area contributed by atoms with E-state index in [1.807, 2.05) is 54.6 Å². The molecule has 0 aliphatic heterocycles. The molecule has 0 atom stereocenters. The standard InChI is InChI=1S/C15H14O/c1-3-8-14(9-4-1)10-7-13-16-15-11-5-2-6-12-15/h1-9,11-13H,10H2/b13-7+. The summed E-state index contributed by atoms with van der Waals surface area (Å²) in [5.74, 6) is 0.867. The number of benzene rings is 2. The SMILES string of the molecule is C(=C\Oc1ccccc1)/Cc1ccccc1. The summed E-state index contributed by atoms with van der Waals surface area (Å²) < 4.78 is 5.45. The zero-order valence-electron chi connectivity index (χ0n) is 9.04. The molecule has 2 rings (SSSR count). The predicted octanol–water partition coefficient (Wildman–Crippen LogP) is 3.82. The summed E-state index contributed by atoms with van der Waals surface area (Å²) >= 11 is 0. The van der Waals surface area contributed by atoms with Crippen LogP contribution in [-0.4, -0.2) is 0 Å². The van der Waals surface area contributed by atoms with Crippen molar-refractivity contribution < 1.29 is 4.74 Å². The van der Waals surface area contributed by atoms with Gasteiger partial charge in [0.05, 0.1) is 6.26 Å². The lowest BCUT2D eigenvalue weighted by Gasteiger charge is -1.98. The van der Waals surface area contributed by atoms with Crippen LogP contribution in [0.3, 0.4) is 0 Å². The number of hydrogen-bond donors (Lipinski definition) is 0. The Balaban J connectivity index is 1.83. The van der Waals surface area contributed by atoms with Gasteiger partial charge in [0, 0.05) is 0 Å². The number of hydrogen-bond acceptors (Lipinski definition) is 1. The molecule has 0 unspecified atom stereocenters. The lowest BCUT2D eigenvalue weighted by atomic mass is 10.2. The van der Waals surface area contributed by atoms with Gasteiger partial charge in [-0.2, -0.15) is 0 Å². The second-order valence-corrected chi connectivity index (χ2v) is 3.49. The highest BCUT2D eigenvalue weighted by molar-refractivity contribution is 5.22. The summed E-state index contributed by atoms with van der Waals surface area (Å²) in [6.45, 7) is 0. The van der Waals surface area contributed by atoms with E-state index in [0.717, 1.165) is 12.2 Å². The minimum absolute atomic E-state index is 0.867. The van der Waals surface area contributed by atoms with Gasteiger partial charge in [-0.05, 0) is 30.2 Å². The Kier molecular flexibility index (Phi) is 3.78. The Bertz CT molecular complexity index is 388. The Morgan fingerprint density at radius 1 is 0.812 bits per heavy atom. The van der Waals surface area contributed by atoms with Crippen molar-refractivity contribution >= 4 is 0 Å². The summed E-state index contributed by atoms with van der Waals surface area (Å²) in [7, 11) is 0. The maximum Gasteiger partial charge on any atom is 0.126 e. The van der Waals surface area contributed by atoms with Crippen LogP contribution in [0.15, 0.2) is 73.0 Å². The lowest BCUT2D eigenvalue weighted by Crippen LogP contribution is -1.83. The summed E-state index contributed by atoms with van der Waals surface area (Å²) in [6.07, 6.45) is 4.65. The largest absolute Gasteiger partial charge is 0.465 e. The maximum atomic E-state index is 5.45. The molecule has 0 spiro atoms. The highest BCUT2D eigenvalue weighted by Gasteiger charge is 1.87. The molecular formula is C15H14O. The molecule has 2 aromatic carbocycles. The molecule has 1 heteroatoms. The monoisotopic (exact) mass is 210 g/mol. The Labute approximate surface area is 96.0 Å². The Hall–Kier alpha value is -2.02. The minimum Gasteiger partial charge on any atom is -0.465 e. The van der Waals surface area contributed by atoms with Crippen molar-refractivity contribution in [2.24, 2.45) is 0 Å². The first kappa shape index (κ1) is 10.5. The van der Waals surface area contributed by atoms with Gasteiger partial charge < -0.3 is 4.74 Å². The van der Waals surface area contributed by atoms with Gasteiger partial charge in [0.25, 0.3) is 0 Å². The van der Waals surface area contributed by atoms with Gasteiger partial charge in [-0.1, -0.05) is 48.5 Å². The lowest BCUT2D eigenvalue weighted by molar-refractivity contribution is 0.479. The fourth-order valence-corrected chi connectivity index (χ4v) is 1.42. The molecule has 0 aliphatic carbocycles. The van der Waals surface area contributed by atoms with Crippen molar-refractivity contribution in [2.45, 2.75) is 6.42 Å². The molecular weight excluding hydrogens is 196 g/mol. The van der Waals surface area contributed by atoms with Crippen LogP contribution in [0.4, 0.5) is 0 Å². The molecule has 0 aliphatic rings. The molecule has 0 aromatic heterocycles. The van der Waals surface area contributed by atoms with E-state index in [0.29, 0.717) is 0 Å². The Morgan fingerprint density at radius 2 is 1.44 bits per heavy atom. The fourth-order valence-electron chi connectivity index (χ4n) is 1.42. The quantitative estimate of drug-likeness (QED) is 0.697. The minimum atomic E-state index is 0.867.